The maximum absolute atomic E-state index is 13.5. The van der Waals surface area contributed by atoms with Crippen LogP contribution in [0.25, 0.3) is 0 Å². The van der Waals surface area contributed by atoms with Gasteiger partial charge in [0.05, 0.1) is 5.56 Å². The molecule has 1 saturated heterocycles. The van der Waals surface area contributed by atoms with Crippen molar-refractivity contribution in [2.45, 2.75) is 26.4 Å². The fourth-order valence-corrected chi connectivity index (χ4v) is 2.15. The van der Waals surface area contributed by atoms with Crippen LogP contribution in [0.4, 0.5) is 9.18 Å². The molecule has 5 nitrogen and oxygen atoms in total. The van der Waals surface area contributed by atoms with Crippen LogP contribution < -0.4 is 5.32 Å². The molecule has 22 heavy (non-hydrogen) atoms. The molecule has 0 atom stereocenters. The number of benzene rings is 1. The number of ether oxygens (including phenoxy) is 1. The minimum atomic E-state index is -0.538. The molecule has 0 saturated carbocycles. The summed E-state index contributed by atoms with van der Waals surface area (Å²) < 4.78 is 18.7. The third-order valence-electron chi connectivity index (χ3n) is 3.28. The molecule has 2 amide bonds. The zero-order valence-corrected chi connectivity index (χ0v) is 13.1. The van der Waals surface area contributed by atoms with Crippen LogP contribution in [0.3, 0.4) is 0 Å². The van der Waals surface area contributed by atoms with Gasteiger partial charge in [0.1, 0.15) is 11.4 Å². The van der Waals surface area contributed by atoms with Crippen LogP contribution in [0.5, 0.6) is 0 Å². The fraction of sp³-hybridized carbons (Fsp3) is 0.500. The molecule has 0 unspecified atom stereocenters. The van der Waals surface area contributed by atoms with E-state index < -0.39 is 17.3 Å². The Kier molecular flexibility index (Phi) is 4.68. The largest absolute Gasteiger partial charge is 0.444 e. The second-order valence-corrected chi connectivity index (χ2v) is 6.44. The summed E-state index contributed by atoms with van der Waals surface area (Å²) in [6.45, 7) is 6.93. The number of hydrogen-bond donors (Lipinski definition) is 1. The molecule has 0 bridgehead atoms. The average molecular weight is 308 g/mol. The predicted octanol–water partition coefficient (Wildman–Crippen LogP) is 2.42. The minimum absolute atomic E-state index is 0.0332. The van der Waals surface area contributed by atoms with Crippen LogP contribution in [-0.4, -0.2) is 42.1 Å². The highest BCUT2D eigenvalue weighted by Crippen LogP contribution is 2.19. The van der Waals surface area contributed by atoms with Gasteiger partial charge in [0, 0.05) is 25.6 Å². The molecular formula is C16H21FN2O3. The van der Waals surface area contributed by atoms with Crippen molar-refractivity contribution in [2.75, 3.05) is 19.6 Å². The topological polar surface area (TPSA) is 58.6 Å². The maximum Gasteiger partial charge on any atom is 0.410 e. The van der Waals surface area contributed by atoms with Gasteiger partial charge < -0.3 is 15.0 Å². The van der Waals surface area contributed by atoms with E-state index in [1.54, 1.807) is 11.0 Å². The van der Waals surface area contributed by atoms with Crippen LogP contribution in [0.15, 0.2) is 24.3 Å². The number of amides is 2. The molecular weight excluding hydrogens is 287 g/mol. The van der Waals surface area contributed by atoms with Gasteiger partial charge in [0.2, 0.25) is 0 Å². The summed E-state index contributed by atoms with van der Waals surface area (Å²) in [4.78, 5) is 25.2. The van der Waals surface area contributed by atoms with E-state index >= 15 is 0 Å². The normalized spacial score (nSPS) is 15.2. The molecule has 2 rings (SSSR count). The third kappa shape index (κ3) is 4.19. The van der Waals surface area contributed by atoms with E-state index in [1.807, 2.05) is 20.8 Å². The van der Waals surface area contributed by atoms with Crippen molar-refractivity contribution in [3.63, 3.8) is 0 Å². The molecule has 1 aliphatic heterocycles. The number of rotatable bonds is 3. The van der Waals surface area contributed by atoms with Crippen LogP contribution in [-0.2, 0) is 4.74 Å². The van der Waals surface area contributed by atoms with Crippen molar-refractivity contribution < 1.29 is 18.7 Å². The van der Waals surface area contributed by atoms with E-state index in [-0.39, 0.29) is 17.6 Å². The van der Waals surface area contributed by atoms with Gasteiger partial charge in [-0.1, -0.05) is 12.1 Å². The predicted molar refractivity (Wildman–Crippen MR) is 80.0 cm³/mol. The number of halogens is 1. The Bertz CT molecular complexity index is 563. The molecule has 1 N–H and O–H groups in total. The van der Waals surface area contributed by atoms with Crippen molar-refractivity contribution in [3.8, 4) is 0 Å². The summed E-state index contributed by atoms with van der Waals surface area (Å²) in [6.07, 6.45) is -0.343. The van der Waals surface area contributed by atoms with E-state index in [1.165, 1.54) is 18.2 Å². The molecule has 0 radical (unpaired) electrons. The highest BCUT2D eigenvalue weighted by molar-refractivity contribution is 5.94. The van der Waals surface area contributed by atoms with Gasteiger partial charge in [0.25, 0.3) is 5.91 Å². The quantitative estimate of drug-likeness (QED) is 0.933. The van der Waals surface area contributed by atoms with Gasteiger partial charge in [-0.3, -0.25) is 4.79 Å². The number of carbonyl (C=O) groups is 2. The Morgan fingerprint density at radius 2 is 1.95 bits per heavy atom. The summed E-state index contributed by atoms with van der Waals surface area (Å²) in [7, 11) is 0. The van der Waals surface area contributed by atoms with Crippen LogP contribution in [0.2, 0.25) is 0 Å². The number of nitrogens with zero attached hydrogens (tertiary/aromatic N) is 1. The van der Waals surface area contributed by atoms with Gasteiger partial charge in [0.15, 0.2) is 0 Å². The molecule has 1 aromatic rings. The first-order valence-corrected chi connectivity index (χ1v) is 7.27. The van der Waals surface area contributed by atoms with Crippen molar-refractivity contribution >= 4 is 12.0 Å². The second-order valence-electron chi connectivity index (χ2n) is 6.44. The van der Waals surface area contributed by atoms with Crippen molar-refractivity contribution in [2.24, 2.45) is 5.92 Å². The van der Waals surface area contributed by atoms with Gasteiger partial charge in [-0.05, 0) is 32.9 Å². The molecule has 120 valence electrons. The van der Waals surface area contributed by atoms with E-state index in [0.29, 0.717) is 19.6 Å². The standard InChI is InChI=1S/C16H21FN2O3/c1-16(2,3)22-15(21)19-9-11(10-19)8-18-14(20)12-6-4-5-7-13(12)17/h4-7,11H,8-10H2,1-3H3,(H,18,20). The minimum Gasteiger partial charge on any atom is -0.444 e. The highest BCUT2D eigenvalue weighted by Gasteiger charge is 2.33. The van der Waals surface area contributed by atoms with Crippen molar-refractivity contribution in [1.29, 1.82) is 0 Å². The fourth-order valence-electron chi connectivity index (χ4n) is 2.15. The highest BCUT2D eigenvalue weighted by atomic mass is 19.1. The summed E-state index contributed by atoms with van der Waals surface area (Å²) in [5.74, 6) is -0.805. The van der Waals surface area contributed by atoms with E-state index in [2.05, 4.69) is 5.32 Å². The van der Waals surface area contributed by atoms with E-state index in [0.717, 1.165) is 0 Å². The Morgan fingerprint density at radius 1 is 1.32 bits per heavy atom. The summed E-state index contributed by atoms with van der Waals surface area (Å²) in [6, 6.07) is 5.85. The second kappa shape index (κ2) is 6.34. The van der Waals surface area contributed by atoms with E-state index in [9.17, 15) is 14.0 Å². The Labute approximate surface area is 129 Å². The number of nitrogens with one attached hydrogen (secondary N) is 1. The lowest BCUT2D eigenvalue weighted by molar-refractivity contribution is -0.000533. The average Bonchev–Trinajstić information content (AvgIpc) is 2.34. The first-order valence-electron chi connectivity index (χ1n) is 7.27. The van der Waals surface area contributed by atoms with Crippen molar-refractivity contribution in [3.05, 3.63) is 35.6 Å². The smallest absolute Gasteiger partial charge is 0.410 e. The zero-order valence-electron chi connectivity index (χ0n) is 13.1. The molecule has 0 aliphatic carbocycles. The number of carbonyl (C=O) groups excluding carboxylic acids is 2. The monoisotopic (exact) mass is 308 g/mol. The summed E-state index contributed by atoms with van der Waals surface area (Å²) in [5, 5.41) is 2.69. The van der Waals surface area contributed by atoms with Crippen molar-refractivity contribution in [1.82, 2.24) is 10.2 Å². The maximum atomic E-state index is 13.5. The summed E-state index contributed by atoms with van der Waals surface area (Å²) >= 11 is 0. The summed E-state index contributed by atoms with van der Waals surface area (Å²) in [5.41, 5.74) is -0.480. The number of hydrogen-bond acceptors (Lipinski definition) is 3. The molecule has 1 fully saturated rings. The van der Waals surface area contributed by atoms with Crippen LogP contribution >= 0.6 is 0 Å². The number of likely N-dealkylation sites (tertiary alicyclic amines) is 1. The van der Waals surface area contributed by atoms with E-state index in [4.69, 9.17) is 4.74 Å². The lowest BCUT2D eigenvalue weighted by atomic mass is 10.0. The third-order valence-corrected chi connectivity index (χ3v) is 3.28. The lowest BCUT2D eigenvalue weighted by Gasteiger charge is -2.39. The molecule has 0 spiro atoms. The lowest BCUT2D eigenvalue weighted by Crippen LogP contribution is -2.54. The van der Waals surface area contributed by atoms with Gasteiger partial charge >= 0.3 is 6.09 Å². The van der Waals surface area contributed by atoms with Crippen LogP contribution in [0, 0.1) is 11.7 Å². The van der Waals surface area contributed by atoms with Crippen LogP contribution in [0.1, 0.15) is 31.1 Å². The molecule has 1 heterocycles. The zero-order chi connectivity index (χ0) is 16.3. The first kappa shape index (κ1) is 16.3. The van der Waals surface area contributed by atoms with Gasteiger partial charge in [-0.25, -0.2) is 9.18 Å². The Morgan fingerprint density at radius 3 is 2.55 bits per heavy atom. The molecule has 6 heteroatoms. The first-order chi connectivity index (χ1) is 10.3. The van der Waals surface area contributed by atoms with Gasteiger partial charge in [-0.15, -0.1) is 0 Å². The van der Waals surface area contributed by atoms with Gasteiger partial charge in [-0.2, -0.15) is 0 Å². The Balaban J connectivity index is 1.74. The molecule has 1 aromatic carbocycles. The Hall–Kier alpha value is -2.11. The molecule has 1 aliphatic rings. The molecule has 0 aromatic heterocycles. The SMILES string of the molecule is CC(C)(C)OC(=O)N1CC(CNC(=O)c2ccccc2F)C1.